The molecule has 1 heterocycles. The van der Waals surface area contributed by atoms with Gasteiger partial charge in [0, 0.05) is 18.5 Å². The van der Waals surface area contributed by atoms with Gasteiger partial charge in [0.1, 0.15) is 0 Å². The van der Waals surface area contributed by atoms with Crippen molar-refractivity contribution in [2.45, 2.75) is 52.5 Å². The summed E-state index contributed by atoms with van der Waals surface area (Å²) in [6.07, 6.45) is 3.32. The first-order valence-electron chi connectivity index (χ1n) is 5.83. The lowest BCUT2D eigenvalue weighted by molar-refractivity contribution is -0.147. The smallest absolute Gasteiger partial charge is 0.228 e. The van der Waals surface area contributed by atoms with Crippen molar-refractivity contribution in [3.63, 3.8) is 0 Å². The molecule has 1 rings (SSSR count). The van der Waals surface area contributed by atoms with Gasteiger partial charge in [-0.15, -0.1) is 0 Å². The molecule has 2 N–H and O–H groups in total. The van der Waals surface area contributed by atoms with Gasteiger partial charge in [0.15, 0.2) is 0 Å². The van der Waals surface area contributed by atoms with Crippen molar-refractivity contribution in [1.29, 1.82) is 0 Å². The van der Waals surface area contributed by atoms with Gasteiger partial charge < -0.3 is 10.6 Å². The molecular weight excluding hydrogens is 188 g/mol. The van der Waals surface area contributed by atoms with E-state index in [4.69, 9.17) is 5.73 Å². The summed E-state index contributed by atoms with van der Waals surface area (Å²) < 4.78 is 0. The minimum atomic E-state index is -0.298. The highest BCUT2D eigenvalue weighted by atomic mass is 16.2. The van der Waals surface area contributed by atoms with Crippen molar-refractivity contribution < 1.29 is 4.79 Å². The van der Waals surface area contributed by atoms with E-state index >= 15 is 0 Å². The summed E-state index contributed by atoms with van der Waals surface area (Å²) >= 11 is 0. The normalized spacial score (nSPS) is 27.9. The van der Waals surface area contributed by atoms with Crippen LogP contribution in [0.3, 0.4) is 0 Å². The van der Waals surface area contributed by atoms with Crippen LogP contribution < -0.4 is 5.73 Å². The van der Waals surface area contributed by atoms with E-state index in [0.29, 0.717) is 6.54 Å². The third kappa shape index (κ3) is 2.51. The summed E-state index contributed by atoms with van der Waals surface area (Å²) in [7, 11) is 0. The van der Waals surface area contributed by atoms with Crippen molar-refractivity contribution in [3.05, 3.63) is 0 Å². The zero-order valence-electron chi connectivity index (χ0n) is 10.5. The molecule has 1 fully saturated rings. The van der Waals surface area contributed by atoms with Gasteiger partial charge in [-0.2, -0.15) is 0 Å². The molecule has 1 amide bonds. The lowest BCUT2D eigenvalue weighted by Gasteiger charge is -2.46. The molecule has 88 valence electrons. The van der Waals surface area contributed by atoms with E-state index in [1.165, 1.54) is 6.42 Å². The molecule has 0 spiro atoms. The maximum absolute atomic E-state index is 12.3. The topological polar surface area (TPSA) is 46.3 Å². The van der Waals surface area contributed by atoms with Gasteiger partial charge in [-0.3, -0.25) is 4.79 Å². The fourth-order valence-corrected chi connectivity index (χ4v) is 2.14. The minimum absolute atomic E-state index is 0.122. The summed E-state index contributed by atoms with van der Waals surface area (Å²) in [6, 6.07) is 0. The van der Waals surface area contributed by atoms with Crippen LogP contribution in [0.2, 0.25) is 0 Å². The molecule has 1 aliphatic rings. The molecule has 3 heteroatoms. The van der Waals surface area contributed by atoms with Gasteiger partial charge in [-0.25, -0.2) is 0 Å². The first-order chi connectivity index (χ1) is 6.81. The molecule has 1 saturated heterocycles. The molecule has 15 heavy (non-hydrogen) atoms. The molecule has 0 bridgehead atoms. The number of amides is 1. The van der Waals surface area contributed by atoms with E-state index in [2.05, 4.69) is 6.92 Å². The van der Waals surface area contributed by atoms with Crippen LogP contribution in [-0.2, 0) is 4.79 Å². The van der Waals surface area contributed by atoms with Gasteiger partial charge >= 0.3 is 0 Å². The summed E-state index contributed by atoms with van der Waals surface area (Å²) in [5, 5.41) is 0. The third-order valence-electron chi connectivity index (χ3n) is 3.33. The number of likely N-dealkylation sites (tertiary alicyclic amines) is 1. The Morgan fingerprint density at radius 1 is 1.40 bits per heavy atom. The van der Waals surface area contributed by atoms with Crippen LogP contribution in [0.4, 0.5) is 0 Å². The highest BCUT2D eigenvalue weighted by Gasteiger charge is 2.40. The number of nitrogens with zero attached hydrogens (tertiary/aromatic N) is 1. The molecule has 1 unspecified atom stereocenters. The SMILES string of the molecule is CC(C)(C)C(=O)N1CCCCC1(C)CN. The molecule has 1 atom stereocenters. The molecule has 0 radical (unpaired) electrons. The minimum Gasteiger partial charge on any atom is -0.336 e. The quantitative estimate of drug-likeness (QED) is 0.720. The number of carbonyl (C=O) groups excluding carboxylic acids is 1. The van der Waals surface area contributed by atoms with E-state index in [-0.39, 0.29) is 16.9 Å². The van der Waals surface area contributed by atoms with Crippen molar-refractivity contribution in [2.24, 2.45) is 11.1 Å². The number of piperidine rings is 1. The van der Waals surface area contributed by atoms with Gasteiger partial charge in [0.25, 0.3) is 0 Å². The second-order valence-corrected chi connectivity index (χ2v) is 5.86. The van der Waals surface area contributed by atoms with Crippen LogP contribution in [0, 0.1) is 5.41 Å². The summed E-state index contributed by atoms with van der Waals surface area (Å²) in [5.41, 5.74) is 5.39. The fraction of sp³-hybridized carbons (Fsp3) is 0.917. The van der Waals surface area contributed by atoms with Gasteiger partial charge in [-0.05, 0) is 26.2 Å². The molecule has 1 aliphatic heterocycles. The standard InChI is InChI=1S/C12H24N2O/c1-11(2,3)10(15)14-8-6-5-7-12(14,4)9-13/h5-9,13H2,1-4H3. The predicted octanol–water partition coefficient (Wildman–Crippen LogP) is 1.76. The summed E-state index contributed by atoms with van der Waals surface area (Å²) in [4.78, 5) is 14.3. The van der Waals surface area contributed by atoms with Gasteiger partial charge in [-0.1, -0.05) is 20.8 Å². The van der Waals surface area contributed by atoms with Crippen LogP contribution in [0.1, 0.15) is 47.0 Å². The maximum atomic E-state index is 12.3. The van der Waals surface area contributed by atoms with Crippen LogP contribution in [0.25, 0.3) is 0 Å². The molecular formula is C12H24N2O. The Morgan fingerprint density at radius 2 is 2.00 bits per heavy atom. The summed E-state index contributed by atoms with van der Waals surface area (Å²) in [6.45, 7) is 9.46. The van der Waals surface area contributed by atoms with E-state index in [1.54, 1.807) is 0 Å². The van der Waals surface area contributed by atoms with E-state index in [1.807, 2.05) is 25.7 Å². The molecule has 0 aromatic carbocycles. The number of hydrogen-bond donors (Lipinski definition) is 1. The van der Waals surface area contributed by atoms with Crippen molar-refractivity contribution in [2.75, 3.05) is 13.1 Å². The number of hydrogen-bond acceptors (Lipinski definition) is 2. The van der Waals surface area contributed by atoms with Gasteiger partial charge in [0.05, 0.1) is 5.54 Å². The Hall–Kier alpha value is -0.570. The third-order valence-corrected chi connectivity index (χ3v) is 3.33. The maximum Gasteiger partial charge on any atom is 0.228 e. The van der Waals surface area contributed by atoms with Crippen LogP contribution in [0.5, 0.6) is 0 Å². The molecule has 0 aliphatic carbocycles. The Labute approximate surface area is 93.0 Å². The Bertz CT molecular complexity index is 244. The lowest BCUT2D eigenvalue weighted by Crippen LogP contribution is -2.59. The number of nitrogens with two attached hydrogens (primary N) is 1. The first kappa shape index (κ1) is 12.5. The van der Waals surface area contributed by atoms with Crippen LogP contribution >= 0.6 is 0 Å². The number of rotatable bonds is 1. The molecule has 3 nitrogen and oxygen atoms in total. The Kier molecular flexibility index (Phi) is 3.44. The lowest BCUT2D eigenvalue weighted by atomic mass is 9.84. The zero-order chi connectivity index (χ0) is 11.7. The molecule has 0 aromatic heterocycles. The van der Waals surface area contributed by atoms with Crippen LogP contribution in [-0.4, -0.2) is 29.4 Å². The zero-order valence-corrected chi connectivity index (χ0v) is 10.5. The number of carbonyl (C=O) groups is 1. The van der Waals surface area contributed by atoms with Crippen molar-refractivity contribution in [1.82, 2.24) is 4.90 Å². The predicted molar refractivity (Wildman–Crippen MR) is 62.5 cm³/mol. The Morgan fingerprint density at radius 3 is 2.47 bits per heavy atom. The Balaban J connectivity index is 2.86. The summed E-state index contributed by atoms with van der Waals surface area (Å²) in [5.74, 6) is 0.232. The van der Waals surface area contributed by atoms with Crippen molar-refractivity contribution in [3.8, 4) is 0 Å². The average Bonchev–Trinajstić information content (AvgIpc) is 2.16. The van der Waals surface area contributed by atoms with Crippen molar-refractivity contribution >= 4 is 5.91 Å². The second-order valence-electron chi connectivity index (χ2n) is 5.86. The largest absolute Gasteiger partial charge is 0.336 e. The van der Waals surface area contributed by atoms with E-state index < -0.39 is 0 Å². The molecule has 0 saturated carbocycles. The van der Waals surface area contributed by atoms with E-state index in [0.717, 1.165) is 19.4 Å². The fourth-order valence-electron chi connectivity index (χ4n) is 2.14. The van der Waals surface area contributed by atoms with E-state index in [9.17, 15) is 4.79 Å². The van der Waals surface area contributed by atoms with Crippen LogP contribution in [0.15, 0.2) is 0 Å². The average molecular weight is 212 g/mol. The highest BCUT2D eigenvalue weighted by Crippen LogP contribution is 2.31. The highest BCUT2D eigenvalue weighted by molar-refractivity contribution is 5.82. The molecule has 0 aromatic rings. The van der Waals surface area contributed by atoms with Gasteiger partial charge in [0.2, 0.25) is 5.91 Å². The second kappa shape index (κ2) is 4.12. The monoisotopic (exact) mass is 212 g/mol. The first-order valence-corrected chi connectivity index (χ1v) is 5.83.